The number of anilines is 1. The van der Waals surface area contributed by atoms with E-state index >= 15 is 0 Å². The van der Waals surface area contributed by atoms with Crippen LogP contribution in [0, 0.1) is 0 Å². The molecular formula is C12H15N3O2. The second-order valence-electron chi connectivity index (χ2n) is 4.17. The van der Waals surface area contributed by atoms with Gasteiger partial charge in [0.15, 0.2) is 0 Å². The lowest BCUT2D eigenvalue weighted by Crippen LogP contribution is -2.51. The maximum atomic E-state index is 11.3. The van der Waals surface area contributed by atoms with E-state index in [9.17, 15) is 9.59 Å². The van der Waals surface area contributed by atoms with Crippen LogP contribution in [0.15, 0.2) is 24.3 Å². The number of imide groups is 1. The number of hydrogen-bond donors (Lipinski definition) is 2. The molecule has 0 aromatic heterocycles. The van der Waals surface area contributed by atoms with Crippen molar-refractivity contribution in [2.45, 2.75) is 13.0 Å². The van der Waals surface area contributed by atoms with Crippen molar-refractivity contribution in [1.82, 2.24) is 5.32 Å². The molecule has 0 radical (unpaired) electrons. The zero-order valence-electron chi connectivity index (χ0n) is 9.64. The van der Waals surface area contributed by atoms with Gasteiger partial charge in [-0.1, -0.05) is 18.2 Å². The maximum absolute atomic E-state index is 11.3. The van der Waals surface area contributed by atoms with E-state index in [-0.39, 0.29) is 30.9 Å². The highest BCUT2D eigenvalue weighted by atomic mass is 16.2. The second kappa shape index (κ2) is 4.55. The van der Waals surface area contributed by atoms with Gasteiger partial charge in [-0.25, -0.2) is 0 Å². The van der Waals surface area contributed by atoms with Gasteiger partial charge in [-0.15, -0.1) is 0 Å². The Kier molecular flexibility index (Phi) is 3.10. The fourth-order valence-electron chi connectivity index (χ4n) is 1.97. The first kappa shape index (κ1) is 11.6. The second-order valence-corrected chi connectivity index (χ2v) is 4.17. The lowest BCUT2D eigenvalue weighted by atomic mass is 10.1. The molecule has 90 valence electrons. The molecule has 0 spiro atoms. The molecule has 5 nitrogen and oxygen atoms in total. The van der Waals surface area contributed by atoms with E-state index in [1.807, 2.05) is 31.2 Å². The largest absolute Gasteiger partial charge is 0.353 e. The van der Waals surface area contributed by atoms with Gasteiger partial charge < -0.3 is 10.6 Å². The number of rotatable bonds is 2. The Morgan fingerprint density at radius 2 is 1.82 bits per heavy atom. The van der Waals surface area contributed by atoms with E-state index in [1.165, 1.54) is 0 Å². The van der Waals surface area contributed by atoms with Crippen molar-refractivity contribution in [2.75, 3.05) is 18.0 Å². The molecule has 1 aromatic rings. The van der Waals surface area contributed by atoms with E-state index in [1.54, 1.807) is 4.90 Å². The Balaban J connectivity index is 2.33. The van der Waals surface area contributed by atoms with Crippen LogP contribution >= 0.6 is 0 Å². The minimum absolute atomic E-state index is 0.133. The smallest absolute Gasteiger partial charge is 0.246 e. The summed E-state index contributed by atoms with van der Waals surface area (Å²) in [4.78, 5) is 24.4. The first-order valence-electron chi connectivity index (χ1n) is 5.50. The zero-order valence-corrected chi connectivity index (χ0v) is 9.64. The summed E-state index contributed by atoms with van der Waals surface area (Å²) in [5.74, 6) is -0.554. The Morgan fingerprint density at radius 3 is 2.41 bits per heavy atom. The summed E-state index contributed by atoms with van der Waals surface area (Å²) in [6, 6.07) is 7.43. The number of para-hydroxylation sites is 1. The normalized spacial score (nSPS) is 17.9. The zero-order chi connectivity index (χ0) is 12.4. The van der Waals surface area contributed by atoms with Gasteiger partial charge in [0, 0.05) is 11.7 Å². The summed E-state index contributed by atoms with van der Waals surface area (Å²) in [7, 11) is 0. The van der Waals surface area contributed by atoms with Crippen molar-refractivity contribution in [3.05, 3.63) is 29.8 Å². The first-order valence-corrected chi connectivity index (χ1v) is 5.50. The molecule has 1 saturated heterocycles. The number of nitrogens with zero attached hydrogens (tertiary/aromatic N) is 1. The number of benzene rings is 1. The predicted molar refractivity (Wildman–Crippen MR) is 64.4 cm³/mol. The Labute approximate surface area is 99.6 Å². The molecule has 1 aliphatic rings. The summed E-state index contributed by atoms with van der Waals surface area (Å²) in [6.45, 7) is 2.26. The van der Waals surface area contributed by atoms with Crippen molar-refractivity contribution >= 4 is 17.5 Å². The maximum Gasteiger partial charge on any atom is 0.246 e. The van der Waals surface area contributed by atoms with Gasteiger partial charge >= 0.3 is 0 Å². The lowest BCUT2D eigenvalue weighted by molar-refractivity contribution is -0.130. The van der Waals surface area contributed by atoms with E-state index in [2.05, 4.69) is 5.32 Å². The highest BCUT2D eigenvalue weighted by molar-refractivity contribution is 6.02. The minimum Gasteiger partial charge on any atom is -0.353 e. The van der Waals surface area contributed by atoms with Crippen LogP contribution < -0.4 is 16.0 Å². The van der Waals surface area contributed by atoms with Crippen LogP contribution in [0.4, 0.5) is 5.69 Å². The van der Waals surface area contributed by atoms with Gasteiger partial charge in [-0.2, -0.15) is 0 Å². The molecule has 2 rings (SSSR count). The van der Waals surface area contributed by atoms with Crippen LogP contribution in [-0.2, 0) is 9.59 Å². The Morgan fingerprint density at radius 1 is 1.24 bits per heavy atom. The van der Waals surface area contributed by atoms with Crippen LogP contribution in [0.2, 0.25) is 0 Å². The molecule has 1 atom stereocenters. The predicted octanol–water partition coefficient (Wildman–Crippen LogP) is 0.169. The van der Waals surface area contributed by atoms with E-state index in [0.29, 0.717) is 0 Å². The molecule has 1 aliphatic heterocycles. The van der Waals surface area contributed by atoms with Gasteiger partial charge in [0.1, 0.15) is 0 Å². The van der Waals surface area contributed by atoms with Crippen LogP contribution in [0.5, 0.6) is 0 Å². The molecule has 0 saturated carbocycles. The Hall–Kier alpha value is -1.88. The molecule has 1 aromatic carbocycles. The Bertz CT molecular complexity index is 441. The topological polar surface area (TPSA) is 75.4 Å². The van der Waals surface area contributed by atoms with Gasteiger partial charge in [-0.05, 0) is 18.6 Å². The summed E-state index contributed by atoms with van der Waals surface area (Å²) in [5, 5.41) is 2.28. The number of amides is 2. The van der Waals surface area contributed by atoms with Gasteiger partial charge in [-0.3, -0.25) is 14.9 Å². The average Bonchev–Trinajstić information content (AvgIpc) is 2.27. The van der Waals surface area contributed by atoms with Crippen LogP contribution in [0.25, 0.3) is 0 Å². The molecule has 17 heavy (non-hydrogen) atoms. The number of nitrogens with one attached hydrogen (secondary N) is 1. The highest BCUT2D eigenvalue weighted by Crippen LogP contribution is 2.25. The fraction of sp³-hybridized carbons (Fsp3) is 0.333. The molecule has 1 fully saturated rings. The molecule has 3 N–H and O–H groups in total. The van der Waals surface area contributed by atoms with Crippen molar-refractivity contribution in [3.8, 4) is 0 Å². The van der Waals surface area contributed by atoms with Crippen molar-refractivity contribution < 1.29 is 9.59 Å². The van der Waals surface area contributed by atoms with E-state index < -0.39 is 0 Å². The summed E-state index contributed by atoms with van der Waals surface area (Å²) in [6.07, 6.45) is 0. The number of hydrogen-bond acceptors (Lipinski definition) is 4. The quantitative estimate of drug-likeness (QED) is 0.714. The summed E-state index contributed by atoms with van der Waals surface area (Å²) < 4.78 is 0. The standard InChI is InChI=1S/C12H15N3O2/c1-8(13)9-4-2-3-5-10(9)15-6-11(16)14-12(17)7-15/h2-5,8H,6-7,13H2,1H3,(H,14,16,17)/t8-/m0/s1. The van der Waals surface area contributed by atoms with Crippen LogP contribution in [0.3, 0.4) is 0 Å². The highest BCUT2D eigenvalue weighted by Gasteiger charge is 2.24. The molecule has 0 unspecified atom stereocenters. The minimum atomic E-state index is -0.277. The third-order valence-corrected chi connectivity index (χ3v) is 2.72. The summed E-state index contributed by atoms with van der Waals surface area (Å²) in [5.41, 5.74) is 7.67. The third-order valence-electron chi connectivity index (χ3n) is 2.72. The van der Waals surface area contributed by atoms with Gasteiger partial charge in [0.2, 0.25) is 11.8 Å². The molecule has 0 aliphatic carbocycles. The van der Waals surface area contributed by atoms with E-state index in [4.69, 9.17) is 5.73 Å². The monoisotopic (exact) mass is 233 g/mol. The van der Waals surface area contributed by atoms with Crippen LogP contribution in [-0.4, -0.2) is 24.9 Å². The fourth-order valence-corrected chi connectivity index (χ4v) is 1.97. The number of carbonyl (C=O) groups is 2. The van der Waals surface area contributed by atoms with E-state index in [0.717, 1.165) is 11.3 Å². The molecule has 0 bridgehead atoms. The van der Waals surface area contributed by atoms with Crippen molar-refractivity contribution in [1.29, 1.82) is 0 Å². The SMILES string of the molecule is C[C@H](N)c1ccccc1N1CC(=O)NC(=O)C1. The summed E-state index contributed by atoms with van der Waals surface area (Å²) >= 11 is 0. The van der Waals surface area contributed by atoms with Gasteiger partial charge in [0.05, 0.1) is 13.1 Å². The van der Waals surface area contributed by atoms with Crippen LogP contribution in [0.1, 0.15) is 18.5 Å². The third kappa shape index (κ3) is 2.45. The lowest BCUT2D eigenvalue weighted by Gasteiger charge is -2.30. The first-order chi connectivity index (χ1) is 8.08. The molecule has 1 heterocycles. The van der Waals surface area contributed by atoms with Crippen molar-refractivity contribution in [3.63, 3.8) is 0 Å². The number of nitrogens with two attached hydrogens (primary N) is 1. The molecule has 2 amide bonds. The number of carbonyl (C=O) groups excluding carboxylic acids is 2. The average molecular weight is 233 g/mol. The van der Waals surface area contributed by atoms with Gasteiger partial charge in [0.25, 0.3) is 0 Å². The number of piperazine rings is 1. The molecular weight excluding hydrogens is 218 g/mol. The van der Waals surface area contributed by atoms with Crippen molar-refractivity contribution in [2.24, 2.45) is 5.73 Å². The molecule has 5 heteroatoms.